The van der Waals surface area contributed by atoms with Crippen LogP contribution in [0, 0.1) is 0 Å². The van der Waals surface area contributed by atoms with Crippen molar-refractivity contribution in [2.75, 3.05) is 11.9 Å². The van der Waals surface area contributed by atoms with Gasteiger partial charge in [0.05, 0.1) is 6.61 Å². The van der Waals surface area contributed by atoms with Crippen LogP contribution in [0.1, 0.15) is 5.56 Å². The third-order valence-electron chi connectivity index (χ3n) is 2.72. The maximum atomic E-state index is 9.35. The minimum atomic E-state index is -0.0208. The van der Waals surface area contributed by atoms with Crippen LogP contribution in [0.25, 0.3) is 0 Å². The maximum absolute atomic E-state index is 9.35. The lowest BCUT2D eigenvalue weighted by molar-refractivity contribution is 0.282. The van der Waals surface area contributed by atoms with E-state index in [-0.39, 0.29) is 6.61 Å². The van der Waals surface area contributed by atoms with Crippen molar-refractivity contribution in [3.63, 3.8) is 0 Å². The highest BCUT2D eigenvalue weighted by molar-refractivity contribution is 6.30. The molecule has 0 amide bonds. The van der Waals surface area contributed by atoms with Gasteiger partial charge in [0.25, 0.3) is 0 Å². The summed E-state index contributed by atoms with van der Waals surface area (Å²) in [5.74, 6) is 0. The summed E-state index contributed by atoms with van der Waals surface area (Å²) in [4.78, 5) is 2.03. The first-order valence-electron chi connectivity index (χ1n) is 5.40. The Morgan fingerprint density at radius 2 is 1.82 bits per heavy atom. The van der Waals surface area contributed by atoms with Gasteiger partial charge in [-0.15, -0.1) is 0 Å². The summed E-state index contributed by atoms with van der Waals surface area (Å²) in [5, 5.41) is 9.99. The highest BCUT2D eigenvalue weighted by Gasteiger charge is 2.08. The first-order chi connectivity index (χ1) is 8.22. The molecule has 0 aliphatic rings. The fraction of sp³-hybridized carbons (Fsp3) is 0.143. The predicted molar refractivity (Wildman–Crippen MR) is 71.9 cm³/mol. The number of para-hydroxylation sites is 1. The first kappa shape index (κ1) is 12.0. The predicted octanol–water partition coefficient (Wildman–Crippen LogP) is 3.60. The van der Waals surface area contributed by atoms with Crippen LogP contribution in [0.3, 0.4) is 0 Å². The number of rotatable bonds is 3. The zero-order valence-electron chi connectivity index (χ0n) is 9.60. The lowest BCUT2D eigenvalue weighted by atomic mass is 10.1. The van der Waals surface area contributed by atoms with E-state index in [9.17, 15) is 5.11 Å². The number of aliphatic hydroxyl groups excluding tert-OH is 1. The van der Waals surface area contributed by atoms with Crippen LogP contribution in [0.4, 0.5) is 11.4 Å². The van der Waals surface area contributed by atoms with Crippen molar-refractivity contribution >= 4 is 23.0 Å². The van der Waals surface area contributed by atoms with E-state index in [1.165, 1.54) is 0 Å². The monoisotopic (exact) mass is 247 g/mol. The second-order valence-corrected chi connectivity index (χ2v) is 4.26. The van der Waals surface area contributed by atoms with Gasteiger partial charge < -0.3 is 10.0 Å². The number of aliphatic hydroxyl groups is 1. The van der Waals surface area contributed by atoms with Gasteiger partial charge in [-0.05, 0) is 30.3 Å². The standard InChI is InChI=1S/C14H14ClNO/c1-16(13-5-3-2-4-6-13)14-8-7-12(15)9-11(14)10-17/h2-9,17H,10H2,1H3. The number of halogens is 1. The summed E-state index contributed by atoms with van der Waals surface area (Å²) in [6.07, 6.45) is 0. The van der Waals surface area contributed by atoms with Crippen molar-refractivity contribution in [1.29, 1.82) is 0 Å². The first-order valence-corrected chi connectivity index (χ1v) is 5.78. The fourth-order valence-electron chi connectivity index (χ4n) is 1.80. The Hall–Kier alpha value is -1.51. The summed E-state index contributed by atoms with van der Waals surface area (Å²) in [6.45, 7) is -0.0208. The molecule has 0 aliphatic heterocycles. The molecule has 0 radical (unpaired) electrons. The van der Waals surface area contributed by atoms with Gasteiger partial charge in [-0.1, -0.05) is 29.8 Å². The van der Waals surface area contributed by atoms with E-state index in [1.807, 2.05) is 54.4 Å². The van der Waals surface area contributed by atoms with Crippen LogP contribution in [0.2, 0.25) is 5.02 Å². The van der Waals surface area contributed by atoms with E-state index in [0.717, 1.165) is 16.9 Å². The van der Waals surface area contributed by atoms with Crippen molar-refractivity contribution in [3.8, 4) is 0 Å². The quantitative estimate of drug-likeness (QED) is 0.896. The Morgan fingerprint density at radius 1 is 1.12 bits per heavy atom. The zero-order valence-corrected chi connectivity index (χ0v) is 10.4. The molecule has 0 atom stereocenters. The Labute approximate surface area is 106 Å². The number of hydrogen-bond donors (Lipinski definition) is 1. The highest BCUT2D eigenvalue weighted by Crippen LogP contribution is 2.28. The molecule has 2 nitrogen and oxygen atoms in total. The van der Waals surface area contributed by atoms with Crippen LogP contribution < -0.4 is 4.90 Å². The molecule has 17 heavy (non-hydrogen) atoms. The number of nitrogens with zero attached hydrogens (tertiary/aromatic N) is 1. The van der Waals surface area contributed by atoms with Crippen molar-refractivity contribution in [2.45, 2.75) is 6.61 Å². The van der Waals surface area contributed by atoms with Crippen LogP contribution in [0.15, 0.2) is 48.5 Å². The summed E-state index contributed by atoms with van der Waals surface area (Å²) in [5.41, 5.74) is 2.86. The van der Waals surface area contributed by atoms with Gasteiger partial charge in [-0.25, -0.2) is 0 Å². The molecular weight excluding hydrogens is 234 g/mol. The molecule has 1 N–H and O–H groups in total. The van der Waals surface area contributed by atoms with Crippen LogP contribution >= 0.6 is 11.6 Å². The summed E-state index contributed by atoms with van der Waals surface area (Å²) in [7, 11) is 1.97. The Kier molecular flexibility index (Phi) is 3.67. The van der Waals surface area contributed by atoms with Crippen molar-refractivity contribution in [1.82, 2.24) is 0 Å². The van der Waals surface area contributed by atoms with E-state index in [2.05, 4.69) is 0 Å². The third kappa shape index (κ3) is 2.60. The molecule has 0 fully saturated rings. The Morgan fingerprint density at radius 3 is 2.47 bits per heavy atom. The SMILES string of the molecule is CN(c1ccccc1)c1ccc(Cl)cc1CO. The molecule has 0 bridgehead atoms. The largest absolute Gasteiger partial charge is 0.392 e. The lowest BCUT2D eigenvalue weighted by Gasteiger charge is -2.22. The van der Waals surface area contributed by atoms with Gasteiger partial charge in [0, 0.05) is 29.0 Å². The van der Waals surface area contributed by atoms with Gasteiger partial charge in [0.1, 0.15) is 0 Å². The van der Waals surface area contributed by atoms with E-state index in [1.54, 1.807) is 6.07 Å². The van der Waals surface area contributed by atoms with Gasteiger partial charge in [-0.3, -0.25) is 0 Å². The second kappa shape index (κ2) is 5.21. The van der Waals surface area contributed by atoms with Gasteiger partial charge >= 0.3 is 0 Å². The van der Waals surface area contributed by atoms with Crippen molar-refractivity contribution in [2.24, 2.45) is 0 Å². The second-order valence-electron chi connectivity index (χ2n) is 3.83. The molecular formula is C14H14ClNO. The summed E-state index contributed by atoms with van der Waals surface area (Å²) in [6, 6.07) is 15.5. The highest BCUT2D eigenvalue weighted by atomic mass is 35.5. The van der Waals surface area contributed by atoms with Crippen LogP contribution in [-0.2, 0) is 6.61 Å². The Balaban J connectivity index is 2.40. The molecule has 2 aromatic rings. The molecule has 0 saturated carbocycles. The molecule has 0 unspecified atom stereocenters. The van der Waals surface area contributed by atoms with Crippen LogP contribution in [-0.4, -0.2) is 12.2 Å². The number of benzene rings is 2. The molecule has 0 spiro atoms. The van der Waals surface area contributed by atoms with Gasteiger partial charge in [0.15, 0.2) is 0 Å². The average molecular weight is 248 g/mol. The average Bonchev–Trinajstić information content (AvgIpc) is 2.39. The molecule has 0 aliphatic carbocycles. The molecule has 0 heterocycles. The van der Waals surface area contributed by atoms with E-state index >= 15 is 0 Å². The summed E-state index contributed by atoms with van der Waals surface area (Å²) < 4.78 is 0. The van der Waals surface area contributed by atoms with Gasteiger partial charge in [-0.2, -0.15) is 0 Å². The van der Waals surface area contributed by atoms with Crippen LogP contribution in [0.5, 0.6) is 0 Å². The molecule has 2 aromatic carbocycles. The minimum absolute atomic E-state index is 0.0208. The Bertz CT molecular complexity index is 499. The summed E-state index contributed by atoms with van der Waals surface area (Å²) >= 11 is 5.92. The minimum Gasteiger partial charge on any atom is -0.392 e. The van der Waals surface area contributed by atoms with E-state index in [0.29, 0.717) is 5.02 Å². The molecule has 3 heteroatoms. The molecule has 0 saturated heterocycles. The van der Waals surface area contributed by atoms with Crippen molar-refractivity contribution in [3.05, 3.63) is 59.1 Å². The van der Waals surface area contributed by atoms with Gasteiger partial charge in [0.2, 0.25) is 0 Å². The normalized spacial score (nSPS) is 10.3. The number of anilines is 2. The van der Waals surface area contributed by atoms with E-state index < -0.39 is 0 Å². The molecule has 88 valence electrons. The third-order valence-corrected chi connectivity index (χ3v) is 2.95. The zero-order chi connectivity index (χ0) is 12.3. The van der Waals surface area contributed by atoms with Crippen molar-refractivity contribution < 1.29 is 5.11 Å². The topological polar surface area (TPSA) is 23.5 Å². The fourth-order valence-corrected chi connectivity index (χ4v) is 1.99. The molecule has 2 rings (SSSR count). The van der Waals surface area contributed by atoms with E-state index in [4.69, 9.17) is 11.6 Å². The number of hydrogen-bond acceptors (Lipinski definition) is 2. The molecule has 0 aromatic heterocycles. The maximum Gasteiger partial charge on any atom is 0.0702 e. The lowest BCUT2D eigenvalue weighted by Crippen LogP contribution is -2.11. The smallest absolute Gasteiger partial charge is 0.0702 e.